The van der Waals surface area contributed by atoms with Crippen LogP contribution in [0.1, 0.15) is 33.1 Å². The number of halogens is 3. The van der Waals surface area contributed by atoms with E-state index in [-0.39, 0.29) is 63.6 Å². The smallest absolute Gasteiger partial charge is 0.291 e. The van der Waals surface area contributed by atoms with Crippen molar-refractivity contribution in [3.05, 3.63) is 76.5 Å². The van der Waals surface area contributed by atoms with Crippen molar-refractivity contribution in [2.45, 2.75) is 25.9 Å². The van der Waals surface area contributed by atoms with E-state index in [1.165, 1.54) is 48.1 Å². The van der Waals surface area contributed by atoms with Gasteiger partial charge in [-0.25, -0.2) is 13.8 Å². The Morgan fingerprint density at radius 2 is 1.76 bits per heavy atom. The number of rotatable bonds is 10. The standard InChI is InChI=1S/C35H39ClF2N8O5/c1-20-26(18-46(42-20)12-13-51-3)23-6-7-25(31(38)30(23)37)29-17-40-32(43(29)2)33(48)41-22-4-5-24(27(36)15-22)34(49)44-8-10-45(11-9-44)35(50)28-14-21(19-47)16-39-28/h4-7,15,17-18,21,28,39,47H,8-14,16,19H2,1-3H3,(H,41,48)/t21?,28-/m0/s1. The van der Waals surface area contributed by atoms with E-state index in [4.69, 9.17) is 16.3 Å². The first kappa shape index (κ1) is 36.1. The monoisotopic (exact) mass is 724 g/mol. The van der Waals surface area contributed by atoms with Crippen LogP contribution < -0.4 is 10.6 Å². The van der Waals surface area contributed by atoms with Gasteiger partial charge >= 0.3 is 0 Å². The van der Waals surface area contributed by atoms with Crippen LogP contribution in [-0.2, 0) is 23.1 Å². The van der Waals surface area contributed by atoms with Crippen molar-refractivity contribution in [2.75, 3.05) is 58.4 Å². The number of piperazine rings is 1. The summed E-state index contributed by atoms with van der Waals surface area (Å²) < 4.78 is 39.0. The average molecular weight is 725 g/mol. The van der Waals surface area contributed by atoms with Crippen LogP contribution in [0.15, 0.2) is 42.7 Å². The van der Waals surface area contributed by atoms with Gasteiger partial charge in [-0.3, -0.25) is 19.1 Å². The molecule has 0 spiro atoms. The molecule has 0 saturated carbocycles. The van der Waals surface area contributed by atoms with E-state index in [1.54, 1.807) is 34.7 Å². The Morgan fingerprint density at radius 3 is 2.45 bits per heavy atom. The Bertz CT molecular complexity index is 1960. The molecular weight excluding hydrogens is 686 g/mol. The van der Waals surface area contributed by atoms with Gasteiger partial charge in [-0.2, -0.15) is 5.10 Å². The zero-order valence-electron chi connectivity index (χ0n) is 28.5. The van der Waals surface area contributed by atoms with Gasteiger partial charge in [-0.1, -0.05) is 17.7 Å². The summed E-state index contributed by atoms with van der Waals surface area (Å²) in [5.41, 5.74) is 1.71. The summed E-state index contributed by atoms with van der Waals surface area (Å²) in [5, 5.41) is 19.7. The van der Waals surface area contributed by atoms with E-state index in [9.17, 15) is 19.5 Å². The summed E-state index contributed by atoms with van der Waals surface area (Å²) in [6.45, 7) is 4.67. The largest absolute Gasteiger partial charge is 0.396 e. The molecule has 2 aliphatic heterocycles. The van der Waals surface area contributed by atoms with Gasteiger partial charge in [-0.05, 0) is 43.5 Å². The van der Waals surface area contributed by atoms with Crippen molar-refractivity contribution in [3.8, 4) is 22.4 Å². The third kappa shape index (κ3) is 7.38. The summed E-state index contributed by atoms with van der Waals surface area (Å²) in [5.74, 6) is -3.09. The highest BCUT2D eigenvalue weighted by Crippen LogP contribution is 2.33. The first-order valence-electron chi connectivity index (χ1n) is 16.6. The molecule has 3 N–H and O–H groups in total. The minimum Gasteiger partial charge on any atom is -0.396 e. The number of imidazole rings is 1. The predicted octanol–water partition coefficient (Wildman–Crippen LogP) is 3.34. The molecule has 2 aromatic carbocycles. The number of nitrogens with one attached hydrogen (secondary N) is 2. The molecule has 4 heterocycles. The third-order valence-electron chi connectivity index (χ3n) is 9.42. The molecule has 4 aromatic rings. The molecule has 2 fully saturated rings. The number of ether oxygens (including phenoxy) is 1. The molecule has 3 amide bonds. The highest BCUT2D eigenvalue weighted by atomic mass is 35.5. The summed E-state index contributed by atoms with van der Waals surface area (Å²) in [4.78, 5) is 47.0. The van der Waals surface area contributed by atoms with E-state index in [0.29, 0.717) is 69.2 Å². The molecule has 0 aliphatic carbocycles. The summed E-state index contributed by atoms with van der Waals surface area (Å²) in [6.07, 6.45) is 3.52. The topological polar surface area (TPSA) is 147 Å². The van der Waals surface area contributed by atoms with E-state index < -0.39 is 17.5 Å². The van der Waals surface area contributed by atoms with Gasteiger partial charge < -0.3 is 34.8 Å². The molecule has 2 aromatic heterocycles. The Labute approximate surface area is 298 Å². The maximum absolute atomic E-state index is 15.5. The van der Waals surface area contributed by atoms with Crippen LogP contribution in [-0.4, -0.2) is 111 Å². The number of carbonyl (C=O) groups is 3. The summed E-state index contributed by atoms with van der Waals surface area (Å²) in [6, 6.07) is 7.09. The fraction of sp³-hybridized carbons (Fsp3) is 0.400. The predicted molar refractivity (Wildman–Crippen MR) is 185 cm³/mol. The number of hydrogen-bond donors (Lipinski definition) is 3. The lowest BCUT2D eigenvalue weighted by Crippen LogP contribution is -2.54. The fourth-order valence-corrected chi connectivity index (χ4v) is 6.78. The van der Waals surface area contributed by atoms with Crippen LogP contribution in [0.25, 0.3) is 22.4 Å². The number of aliphatic hydroxyl groups excluding tert-OH is 1. The number of methoxy groups -OCH3 is 1. The first-order valence-corrected chi connectivity index (χ1v) is 16.9. The number of carbonyl (C=O) groups excluding carboxylic acids is 3. The number of amides is 3. The van der Waals surface area contributed by atoms with Gasteiger partial charge in [0.1, 0.15) is 0 Å². The zero-order valence-corrected chi connectivity index (χ0v) is 29.2. The minimum absolute atomic E-state index is 0.0280. The highest BCUT2D eigenvalue weighted by Gasteiger charge is 2.34. The van der Waals surface area contributed by atoms with Gasteiger partial charge in [0.2, 0.25) is 5.91 Å². The molecule has 51 heavy (non-hydrogen) atoms. The maximum atomic E-state index is 15.5. The molecule has 2 atom stereocenters. The van der Waals surface area contributed by atoms with Crippen LogP contribution in [0.4, 0.5) is 14.5 Å². The molecule has 13 nitrogen and oxygen atoms in total. The second-order valence-electron chi connectivity index (χ2n) is 12.7. The molecule has 2 aliphatic rings. The Morgan fingerprint density at radius 1 is 1.06 bits per heavy atom. The molecule has 1 unspecified atom stereocenters. The van der Waals surface area contributed by atoms with Gasteiger partial charge in [0.05, 0.1) is 47.4 Å². The van der Waals surface area contributed by atoms with E-state index in [2.05, 4.69) is 20.7 Å². The Kier molecular flexibility index (Phi) is 10.8. The highest BCUT2D eigenvalue weighted by molar-refractivity contribution is 6.34. The van der Waals surface area contributed by atoms with Crippen LogP contribution in [0.2, 0.25) is 5.02 Å². The fourth-order valence-electron chi connectivity index (χ4n) is 6.52. The molecule has 2 saturated heterocycles. The van der Waals surface area contributed by atoms with Gasteiger partial charge in [-0.15, -0.1) is 0 Å². The van der Waals surface area contributed by atoms with Crippen molar-refractivity contribution in [2.24, 2.45) is 13.0 Å². The van der Waals surface area contributed by atoms with E-state index >= 15 is 8.78 Å². The lowest BCUT2D eigenvalue weighted by atomic mass is 10.0. The van der Waals surface area contributed by atoms with Crippen molar-refractivity contribution >= 4 is 35.0 Å². The number of nitrogens with zero attached hydrogens (tertiary/aromatic N) is 6. The molecule has 6 rings (SSSR count). The van der Waals surface area contributed by atoms with Crippen molar-refractivity contribution in [3.63, 3.8) is 0 Å². The molecule has 270 valence electrons. The van der Waals surface area contributed by atoms with Crippen LogP contribution in [0, 0.1) is 24.5 Å². The van der Waals surface area contributed by atoms with Crippen LogP contribution in [0.3, 0.4) is 0 Å². The first-order chi connectivity index (χ1) is 24.5. The van der Waals surface area contributed by atoms with Crippen molar-refractivity contribution < 1.29 is 33.0 Å². The zero-order chi connectivity index (χ0) is 36.4. The summed E-state index contributed by atoms with van der Waals surface area (Å²) in [7, 11) is 3.08. The number of aromatic nitrogens is 4. The second-order valence-corrected chi connectivity index (χ2v) is 13.1. The number of anilines is 1. The number of aliphatic hydroxyl groups is 1. The summed E-state index contributed by atoms with van der Waals surface area (Å²) >= 11 is 6.50. The van der Waals surface area contributed by atoms with Gasteiger partial charge in [0.15, 0.2) is 17.5 Å². The van der Waals surface area contributed by atoms with Crippen molar-refractivity contribution in [1.82, 2.24) is 34.4 Å². The number of aryl methyl sites for hydroxylation is 1. The molecule has 0 radical (unpaired) electrons. The molecular formula is C35H39ClF2N8O5. The second kappa shape index (κ2) is 15.3. The number of hydrogen-bond acceptors (Lipinski definition) is 8. The minimum atomic E-state index is -1.09. The third-order valence-corrected chi connectivity index (χ3v) is 9.74. The van der Waals surface area contributed by atoms with Gasteiger partial charge in [0.25, 0.3) is 11.8 Å². The molecule has 0 bridgehead atoms. The quantitative estimate of drug-likeness (QED) is 0.226. The average Bonchev–Trinajstić information content (AvgIpc) is 3.86. The lowest BCUT2D eigenvalue weighted by molar-refractivity contribution is -0.134. The molecule has 16 heteroatoms. The normalized spacial score (nSPS) is 17.6. The Balaban J connectivity index is 1.09. The van der Waals surface area contributed by atoms with E-state index in [0.717, 1.165) is 0 Å². The lowest BCUT2D eigenvalue weighted by Gasteiger charge is -2.36. The maximum Gasteiger partial charge on any atom is 0.291 e. The Hall–Kier alpha value is -4.70. The van der Waals surface area contributed by atoms with E-state index in [1.807, 2.05) is 0 Å². The van der Waals surface area contributed by atoms with Crippen LogP contribution in [0.5, 0.6) is 0 Å². The SMILES string of the molecule is COCCn1cc(-c2ccc(-c3cnc(C(=O)Nc4ccc(C(=O)N5CCN(C(=O)[C@@H]6CC(CO)CN6)CC5)c(Cl)c4)n3C)c(F)c2F)c(C)n1. The number of benzene rings is 2. The van der Waals surface area contributed by atoms with Crippen molar-refractivity contribution in [1.29, 1.82) is 0 Å². The van der Waals surface area contributed by atoms with Gasteiger partial charge in [0, 0.05) is 82.1 Å². The van der Waals surface area contributed by atoms with Crippen LogP contribution >= 0.6 is 11.6 Å².